The van der Waals surface area contributed by atoms with E-state index in [1.54, 1.807) is 6.08 Å². The Morgan fingerprint density at radius 1 is 0.429 bits per heavy atom. The number of rotatable bonds is 52. The Bertz CT molecular complexity index is 982. The van der Waals surface area contributed by atoms with Gasteiger partial charge in [0.25, 0.3) is 0 Å². The Morgan fingerprint density at radius 3 is 1.13 bits per heavy atom. The molecule has 1 amide bonds. The summed E-state index contributed by atoms with van der Waals surface area (Å²) in [6.07, 6.45) is 63.3. The molecule has 372 valence electrons. The summed E-state index contributed by atoms with van der Waals surface area (Å²) in [6, 6.07) is -0.638. The number of esters is 1. The zero-order valence-corrected chi connectivity index (χ0v) is 42.3. The molecule has 0 bridgehead atoms. The van der Waals surface area contributed by atoms with Crippen molar-refractivity contribution in [3.05, 3.63) is 24.3 Å². The summed E-state index contributed by atoms with van der Waals surface area (Å²) in [5, 5.41) is 23.1. The second-order valence-corrected chi connectivity index (χ2v) is 19.3. The van der Waals surface area contributed by atoms with E-state index in [2.05, 4.69) is 31.3 Å². The molecule has 0 rings (SSSR count). The average Bonchev–Trinajstić information content (AvgIpc) is 3.28. The number of allylic oxidation sites excluding steroid dienone is 3. The van der Waals surface area contributed by atoms with E-state index in [4.69, 9.17) is 4.74 Å². The number of hydrogen-bond donors (Lipinski definition) is 3. The van der Waals surface area contributed by atoms with Crippen molar-refractivity contribution in [2.45, 2.75) is 315 Å². The van der Waals surface area contributed by atoms with Gasteiger partial charge in [-0.2, -0.15) is 0 Å². The molecule has 0 aliphatic rings. The lowest BCUT2D eigenvalue weighted by molar-refractivity contribution is -0.143. The number of carbonyl (C=O) groups is 2. The number of aliphatic hydroxyl groups is 2. The Labute approximate surface area is 392 Å². The van der Waals surface area contributed by atoms with Crippen molar-refractivity contribution in [3.8, 4) is 0 Å². The van der Waals surface area contributed by atoms with Gasteiger partial charge in [0.15, 0.2) is 0 Å². The van der Waals surface area contributed by atoms with Gasteiger partial charge >= 0.3 is 5.97 Å². The van der Waals surface area contributed by atoms with Gasteiger partial charge in [-0.25, -0.2) is 0 Å². The van der Waals surface area contributed by atoms with E-state index in [-0.39, 0.29) is 18.5 Å². The molecule has 0 heterocycles. The van der Waals surface area contributed by atoms with Crippen LogP contribution in [0.3, 0.4) is 0 Å². The highest BCUT2D eigenvalue weighted by atomic mass is 16.5. The molecule has 0 fully saturated rings. The minimum atomic E-state index is -0.853. The van der Waals surface area contributed by atoms with Crippen LogP contribution in [0.4, 0.5) is 0 Å². The highest BCUT2D eigenvalue weighted by molar-refractivity contribution is 5.76. The van der Waals surface area contributed by atoms with Crippen molar-refractivity contribution in [1.82, 2.24) is 5.32 Å². The fraction of sp³-hybridized carbons (Fsp3) is 0.895. The van der Waals surface area contributed by atoms with Crippen molar-refractivity contribution in [1.29, 1.82) is 0 Å². The third kappa shape index (κ3) is 49.6. The van der Waals surface area contributed by atoms with Crippen molar-refractivity contribution < 1.29 is 24.5 Å². The Morgan fingerprint density at radius 2 is 0.746 bits per heavy atom. The smallest absolute Gasteiger partial charge is 0.305 e. The molecule has 0 saturated heterocycles. The molecule has 3 N–H and O–H groups in total. The molecular formula is C57H109NO5. The fourth-order valence-electron chi connectivity index (χ4n) is 8.63. The van der Waals surface area contributed by atoms with Crippen LogP contribution in [0.1, 0.15) is 303 Å². The van der Waals surface area contributed by atoms with Gasteiger partial charge in [0, 0.05) is 12.8 Å². The summed E-state index contributed by atoms with van der Waals surface area (Å²) < 4.78 is 5.47. The van der Waals surface area contributed by atoms with Crippen LogP contribution in [0, 0.1) is 0 Å². The molecule has 0 spiro atoms. The third-order valence-electron chi connectivity index (χ3n) is 13.0. The van der Waals surface area contributed by atoms with Gasteiger partial charge < -0.3 is 20.3 Å². The number of hydrogen-bond acceptors (Lipinski definition) is 5. The van der Waals surface area contributed by atoms with E-state index in [1.807, 2.05) is 6.08 Å². The Hall–Kier alpha value is -1.66. The molecule has 63 heavy (non-hydrogen) atoms. The lowest BCUT2D eigenvalue weighted by Crippen LogP contribution is -2.45. The Kier molecular flexibility index (Phi) is 51.6. The van der Waals surface area contributed by atoms with Gasteiger partial charge in [0.1, 0.15) is 0 Å². The second-order valence-electron chi connectivity index (χ2n) is 19.3. The first kappa shape index (κ1) is 61.3. The molecule has 0 aliphatic heterocycles. The highest BCUT2D eigenvalue weighted by Crippen LogP contribution is 2.16. The van der Waals surface area contributed by atoms with Crippen LogP contribution in [0.15, 0.2) is 24.3 Å². The first-order chi connectivity index (χ1) is 31.0. The summed E-state index contributed by atoms with van der Waals surface area (Å²) in [5.41, 5.74) is 0. The number of unbranched alkanes of at least 4 members (excludes halogenated alkanes) is 39. The van der Waals surface area contributed by atoms with E-state index in [0.29, 0.717) is 19.4 Å². The molecule has 0 aromatic heterocycles. The molecule has 6 heteroatoms. The third-order valence-corrected chi connectivity index (χ3v) is 13.0. The summed E-state index contributed by atoms with van der Waals surface area (Å²) in [6.45, 7) is 4.88. The van der Waals surface area contributed by atoms with E-state index in [9.17, 15) is 19.8 Å². The van der Waals surface area contributed by atoms with Crippen LogP contribution in [0.25, 0.3) is 0 Å². The van der Waals surface area contributed by atoms with Crippen molar-refractivity contribution in [2.24, 2.45) is 0 Å². The maximum atomic E-state index is 12.4. The minimum Gasteiger partial charge on any atom is -0.466 e. The number of carbonyl (C=O) groups excluding carboxylic acids is 2. The maximum Gasteiger partial charge on any atom is 0.305 e. The molecule has 6 nitrogen and oxygen atoms in total. The summed E-state index contributed by atoms with van der Waals surface area (Å²) >= 11 is 0. The van der Waals surface area contributed by atoms with Gasteiger partial charge in [0.05, 0.1) is 25.4 Å². The Balaban J connectivity index is 3.47. The largest absolute Gasteiger partial charge is 0.466 e. The monoisotopic (exact) mass is 888 g/mol. The van der Waals surface area contributed by atoms with Gasteiger partial charge in [-0.05, 0) is 57.8 Å². The lowest BCUT2D eigenvalue weighted by atomic mass is 10.0. The first-order valence-corrected chi connectivity index (χ1v) is 28.1. The van der Waals surface area contributed by atoms with Gasteiger partial charge in [-0.3, -0.25) is 9.59 Å². The van der Waals surface area contributed by atoms with Crippen molar-refractivity contribution in [2.75, 3.05) is 13.2 Å². The normalized spacial score (nSPS) is 12.8. The van der Waals surface area contributed by atoms with Crippen LogP contribution >= 0.6 is 0 Å². The number of nitrogens with one attached hydrogen (secondary N) is 1. The highest BCUT2D eigenvalue weighted by Gasteiger charge is 2.18. The van der Waals surface area contributed by atoms with E-state index < -0.39 is 12.1 Å². The zero-order valence-electron chi connectivity index (χ0n) is 42.3. The number of aliphatic hydroxyl groups excluding tert-OH is 2. The quantitative estimate of drug-likeness (QED) is 0.0321. The van der Waals surface area contributed by atoms with Crippen LogP contribution in [0.5, 0.6) is 0 Å². The van der Waals surface area contributed by atoms with Crippen LogP contribution in [-0.2, 0) is 14.3 Å². The van der Waals surface area contributed by atoms with Crippen molar-refractivity contribution in [3.63, 3.8) is 0 Å². The topological polar surface area (TPSA) is 95.9 Å². The molecule has 0 aliphatic carbocycles. The summed E-state index contributed by atoms with van der Waals surface area (Å²) in [5.74, 6) is -0.0898. The molecule has 0 aromatic carbocycles. The van der Waals surface area contributed by atoms with Gasteiger partial charge in [-0.1, -0.05) is 256 Å². The molecule has 0 aromatic rings. The predicted octanol–water partition coefficient (Wildman–Crippen LogP) is 17.1. The van der Waals surface area contributed by atoms with Gasteiger partial charge in [-0.15, -0.1) is 0 Å². The van der Waals surface area contributed by atoms with E-state index >= 15 is 0 Å². The van der Waals surface area contributed by atoms with E-state index in [1.165, 1.54) is 205 Å². The first-order valence-electron chi connectivity index (χ1n) is 28.1. The molecule has 0 saturated carbocycles. The van der Waals surface area contributed by atoms with Gasteiger partial charge in [0.2, 0.25) is 5.91 Å². The summed E-state index contributed by atoms with van der Waals surface area (Å²) in [7, 11) is 0. The molecule has 2 atom stereocenters. The summed E-state index contributed by atoms with van der Waals surface area (Å²) in [4.78, 5) is 24.5. The van der Waals surface area contributed by atoms with Crippen LogP contribution in [-0.4, -0.2) is 47.4 Å². The SMILES string of the molecule is CCCCCCCCCCCCCC/C=C/C(O)C(CO)NC(=O)CCCCCCCCC/C=C\CCCCCCOC(=O)CCCCCCCCCCCCCCCCCCC. The fourth-order valence-corrected chi connectivity index (χ4v) is 8.63. The maximum absolute atomic E-state index is 12.4. The zero-order chi connectivity index (χ0) is 45.8. The predicted molar refractivity (Wildman–Crippen MR) is 273 cm³/mol. The second kappa shape index (κ2) is 53.0. The minimum absolute atomic E-state index is 0.00731. The molecular weight excluding hydrogens is 779 g/mol. The van der Waals surface area contributed by atoms with Crippen LogP contribution in [0.2, 0.25) is 0 Å². The molecule has 0 radical (unpaired) electrons. The average molecular weight is 889 g/mol. The van der Waals surface area contributed by atoms with Crippen LogP contribution < -0.4 is 5.32 Å². The van der Waals surface area contributed by atoms with E-state index in [0.717, 1.165) is 70.6 Å². The molecule has 2 unspecified atom stereocenters. The standard InChI is InChI=1S/C57H109NO5/c1-3-5-7-9-11-13-15-17-19-20-23-27-31-35-39-43-47-51-57(62)63-52-48-44-40-36-32-28-24-21-22-26-30-34-38-42-46-50-56(61)58-54(53-59)55(60)49-45-41-37-33-29-25-18-16-14-12-10-8-6-4-2/h24,28,45,49,54-55,59-60H,3-23,25-27,29-44,46-48,50-53H2,1-2H3,(H,58,61)/b28-24-,49-45+. The number of ether oxygens (including phenoxy) is 1. The number of amides is 1. The lowest BCUT2D eigenvalue weighted by Gasteiger charge is -2.20. The van der Waals surface area contributed by atoms with Crippen molar-refractivity contribution >= 4 is 11.9 Å².